The van der Waals surface area contributed by atoms with Gasteiger partial charge in [-0.2, -0.15) is 11.8 Å². The van der Waals surface area contributed by atoms with Crippen molar-refractivity contribution in [3.8, 4) is 0 Å². The Morgan fingerprint density at radius 3 is 2.67 bits per heavy atom. The number of guanidine groups is 1. The largest absolute Gasteiger partial charge is 0.379 e. The lowest BCUT2D eigenvalue weighted by Gasteiger charge is -2.26. The Morgan fingerprint density at radius 2 is 2.00 bits per heavy atom. The van der Waals surface area contributed by atoms with Crippen molar-refractivity contribution >= 4 is 41.7 Å². The number of hydrogen-bond donors (Lipinski definition) is 2. The van der Waals surface area contributed by atoms with Crippen molar-refractivity contribution in [2.75, 3.05) is 64.5 Å². The van der Waals surface area contributed by atoms with Gasteiger partial charge < -0.3 is 15.4 Å². The molecule has 1 fully saturated rings. The number of morpholine rings is 1. The summed E-state index contributed by atoms with van der Waals surface area (Å²) in [6.45, 7) is 9.95. The molecule has 1 saturated heterocycles. The van der Waals surface area contributed by atoms with Crippen molar-refractivity contribution < 1.29 is 4.74 Å². The summed E-state index contributed by atoms with van der Waals surface area (Å²) in [5.74, 6) is 2.13. The van der Waals surface area contributed by atoms with Crippen LogP contribution < -0.4 is 10.6 Å². The van der Waals surface area contributed by atoms with Crippen molar-refractivity contribution in [1.29, 1.82) is 0 Å². The first-order valence-corrected chi connectivity index (χ1v) is 9.07. The van der Waals surface area contributed by atoms with Crippen LogP contribution in [0.3, 0.4) is 0 Å². The van der Waals surface area contributed by atoms with Crippen LogP contribution in [0.15, 0.2) is 4.99 Å². The number of rotatable bonds is 9. The minimum Gasteiger partial charge on any atom is -0.379 e. The van der Waals surface area contributed by atoms with E-state index >= 15 is 0 Å². The molecule has 5 nitrogen and oxygen atoms in total. The molecule has 0 amide bonds. The molecule has 21 heavy (non-hydrogen) atoms. The van der Waals surface area contributed by atoms with Crippen molar-refractivity contribution in [2.45, 2.75) is 19.8 Å². The Hall–Kier alpha value is 0.270. The minimum absolute atomic E-state index is 0. The van der Waals surface area contributed by atoms with E-state index < -0.39 is 0 Å². The van der Waals surface area contributed by atoms with Crippen LogP contribution in [0.25, 0.3) is 0 Å². The predicted octanol–water partition coefficient (Wildman–Crippen LogP) is 1.63. The van der Waals surface area contributed by atoms with Gasteiger partial charge in [-0.15, -0.1) is 24.0 Å². The molecule has 0 saturated carbocycles. The first-order valence-electron chi connectivity index (χ1n) is 7.68. The number of nitrogens with one attached hydrogen (secondary N) is 2. The van der Waals surface area contributed by atoms with Crippen LogP contribution in [0.2, 0.25) is 0 Å². The third kappa shape index (κ3) is 11.5. The highest BCUT2D eigenvalue weighted by atomic mass is 127. The Balaban J connectivity index is 0.00000400. The summed E-state index contributed by atoms with van der Waals surface area (Å²) >= 11 is 1.88. The molecule has 0 bridgehead atoms. The summed E-state index contributed by atoms with van der Waals surface area (Å²) in [4.78, 5) is 7.05. The summed E-state index contributed by atoms with van der Waals surface area (Å²) in [6.07, 6.45) is 4.43. The second kappa shape index (κ2) is 15.2. The van der Waals surface area contributed by atoms with E-state index in [-0.39, 0.29) is 24.0 Å². The zero-order valence-corrected chi connectivity index (χ0v) is 16.5. The van der Waals surface area contributed by atoms with E-state index in [9.17, 15) is 0 Å². The van der Waals surface area contributed by atoms with Crippen molar-refractivity contribution in [3.05, 3.63) is 0 Å². The van der Waals surface area contributed by atoms with Gasteiger partial charge in [-0.3, -0.25) is 9.89 Å². The number of aliphatic imine (C=N–C) groups is 1. The molecule has 2 N–H and O–H groups in total. The summed E-state index contributed by atoms with van der Waals surface area (Å²) in [5, 5.41) is 6.71. The van der Waals surface area contributed by atoms with Gasteiger partial charge in [-0.05, 0) is 38.3 Å². The topological polar surface area (TPSA) is 48.9 Å². The fraction of sp³-hybridized carbons (Fsp3) is 0.929. The Bertz CT molecular complexity index is 263. The highest BCUT2D eigenvalue weighted by molar-refractivity contribution is 14.0. The first-order chi connectivity index (χ1) is 9.86. The molecule has 1 aliphatic heterocycles. The lowest BCUT2D eigenvalue weighted by atomic mass is 10.3. The molecule has 7 heteroatoms. The molecule has 1 rings (SSSR count). The molecule has 0 atom stereocenters. The second-order valence-corrected chi connectivity index (χ2v) is 5.83. The first kappa shape index (κ1) is 21.3. The van der Waals surface area contributed by atoms with Crippen LogP contribution in [-0.2, 0) is 4.74 Å². The van der Waals surface area contributed by atoms with E-state index in [2.05, 4.69) is 33.7 Å². The Morgan fingerprint density at radius 1 is 1.24 bits per heavy atom. The van der Waals surface area contributed by atoms with Gasteiger partial charge in [0.25, 0.3) is 0 Å². The lowest BCUT2D eigenvalue weighted by molar-refractivity contribution is 0.0376. The van der Waals surface area contributed by atoms with E-state index in [4.69, 9.17) is 4.74 Å². The van der Waals surface area contributed by atoms with E-state index in [1.165, 1.54) is 5.75 Å². The minimum atomic E-state index is 0. The number of halogens is 1. The van der Waals surface area contributed by atoms with Gasteiger partial charge in [0.1, 0.15) is 0 Å². The fourth-order valence-corrected chi connectivity index (χ4v) is 2.49. The number of hydrogen-bond acceptors (Lipinski definition) is 4. The number of thioether (sulfide) groups is 1. The molecule has 0 aromatic rings. The highest BCUT2D eigenvalue weighted by Gasteiger charge is 2.09. The predicted molar refractivity (Wildman–Crippen MR) is 104 cm³/mol. The van der Waals surface area contributed by atoms with E-state index in [1.54, 1.807) is 0 Å². The van der Waals surface area contributed by atoms with Crippen molar-refractivity contribution in [2.24, 2.45) is 4.99 Å². The Kier molecular flexibility index (Phi) is 15.4. The molecule has 0 aliphatic carbocycles. The molecule has 0 unspecified atom stereocenters. The zero-order chi connectivity index (χ0) is 14.5. The van der Waals surface area contributed by atoms with Crippen LogP contribution in [0.5, 0.6) is 0 Å². The third-order valence-corrected chi connectivity index (χ3v) is 3.86. The van der Waals surface area contributed by atoms with Gasteiger partial charge in [0.15, 0.2) is 5.96 Å². The van der Waals surface area contributed by atoms with Gasteiger partial charge in [0.2, 0.25) is 0 Å². The molecule has 0 spiro atoms. The molecular formula is C14H31IN4OS. The lowest BCUT2D eigenvalue weighted by Crippen LogP contribution is -2.40. The molecular weight excluding hydrogens is 399 g/mol. The summed E-state index contributed by atoms with van der Waals surface area (Å²) in [6, 6.07) is 0. The second-order valence-electron chi connectivity index (χ2n) is 4.84. The standard InChI is InChI=1S/C14H30N4OS.HI/c1-3-15-14(17-7-5-13-20-2)16-6-4-8-18-9-11-19-12-10-18;/h3-13H2,1-2H3,(H2,15,16,17);1H. The summed E-state index contributed by atoms with van der Waals surface area (Å²) in [5.41, 5.74) is 0. The van der Waals surface area contributed by atoms with Crippen molar-refractivity contribution in [1.82, 2.24) is 15.5 Å². The normalized spacial score (nSPS) is 16.4. The average Bonchev–Trinajstić information content (AvgIpc) is 2.49. The van der Waals surface area contributed by atoms with Gasteiger partial charge in [-0.25, -0.2) is 0 Å². The van der Waals surface area contributed by atoms with E-state index in [0.29, 0.717) is 0 Å². The highest BCUT2D eigenvalue weighted by Crippen LogP contribution is 1.97. The van der Waals surface area contributed by atoms with Crippen LogP contribution >= 0.6 is 35.7 Å². The smallest absolute Gasteiger partial charge is 0.191 e. The molecule has 126 valence electrons. The van der Waals surface area contributed by atoms with Crippen LogP contribution in [0, 0.1) is 0 Å². The van der Waals surface area contributed by atoms with Crippen LogP contribution in [0.1, 0.15) is 19.8 Å². The number of ether oxygens (including phenoxy) is 1. The summed E-state index contributed by atoms with van der Waals surface area (Å²) in [7, 11) is 0. The van der Waals surface area contributed by atoms with E-state index in [1.807, 2.05) is 11.8 Å². The number of nitrogens with zero attached hydrogens (tertiary/aromatic N) is 2. The fourth-order valence-electron chi connectivity index (χ4n) is 2.08. The van der Waals surface area contributed by atoms with Crippen molar-refractivity contribution in [3.63, 3.8) is 0 Å². The molecule has 0 aromatic carbocycles. The quantitative estimate of drug-likeness (QED) is 0.252. The monoisotopic (exact) mass is 430 g/mol. The van der Waals surface area contributed by atoms with Crippen LogP contribution in [0.4, 0.5) is 0 Å². The van der Waals surface area contributed by atoms with E-state index in [0.717, 1.165) is 71.3 Å². The maximum atomic E-state index is 5.35. The molecule has 1 aliphatic rings. The van der Waals surface area contributed by atoms with Gasteiger partial charge in [0.05, 0.1) is 13.2 Å². The Labute approximate surface area is 151 Å². The molecule has 0 radical (unpaired) electrons. The maximum absolute atomic E-state index is 5.35. The van der Waals surface area contributed by atoms with Gasteiger partial charge >= 0.3 is 0 Å². The third-order valence-electron chi connectivity index (χ3n) is 3.17. The molecule has 0 aromatic heterocycles. The van der Waals surface area contributed by atoms with Crippen LogP contribution in [-0.4, -0.2) is 75.4 Å². The van der Waals surface area contributed by atoms with Gasteiger partial charge in [0, 0.05) is 32.7 Å². The summed E-state index contributed by atoms with van der Waals surface area (Å²) < 4.78 is 5.35. The SMILES string of the molecule is CCNC(=NCCCSC)NCCCN1CCOCC1.I. The zero-order valence-electron chi connectivity index (χ0n) is 13.4. The molecule has 1 heterocycles. The average molecular weight is 430 g/mol. The maximum Gasteiger partial charge on any atom is 0.191 e. The van der Waals surface area contributed by atoms with Gasteiger partial charge in [-0.1, -0.05) is 0 Å².